The zero-order chi connectivity index (χ0) is 12.0. The van der Waals surface area contributed by atoms with E-state index in [2.05, 4.69) is 16.9 Å². The second kappa shape index (κ2) is 3.32. The number of esters is 1. The number of imidazole rings is 1. The van der Waals surface area contributed by atoms with Crippen LogP contribution >= 0.6 is 0 Å². The third-order valence-electron chi connectivity index (χ3n) is 3.79. The van der Waals surface area contributed by atoms with Crippen LogP contribution in [-0.4, -0.2) is 23.0 Å². The van der Waals surface area contributed by atoms with Crippen molar-refractivity contribution < 1.29 is 9.53 Å². The molecule has 4 heteroatoms. The van der Waals surface area contributed by atoms with E-state index in [1.54, 1.807) is 6.33 Å². The molecule has 88 valence electrons. The van der Waals surface area contributed by atoms with Crippen LogP contribution in [-0.2, 0) is 14.9 Å². The van der Waals surface area contributed by atoms with Crippen molar-refractivity contribution in [3.8, 4) is 0 Å². The van der Waals surface area contributed by atoms with Gasteiger partial charge in [0.25, 0.3) is 0 Å². The van der Waals surface area contributed by atoms with Crippen LogP contribution in [0.5, 0.6) is 0 Å². The molecule has 17 heavy (non-hydrogen) atoms. The van der Waals surface area contributed by atoms with Gasteiger partial charge in [0.05, 0.1) is 29.9 Å². The van der Waals surface area contributed by atoms with E-state index in [1.807, 2.05) is 18.2 Å². The lowest BCUT2D eigenvalue weighted by atomic mass is 9.93. The Kier molecular flexibility index (Phi) is 2.02. The van der Waals surface area contributed by atoms with Gasteiger partial charge in [0, 0.05) is 0 Å². The molecule has 2 atom stereocenters. The van der Waals surface area contributed by atoms with Crippen LogP contribution in [0.1, 0.15) is 18.9 Å². The van der Waals surface area contributed by atoms with Crippen LogP contribution in [0, 0.1) is 5.92 Å². The van der Waals surface area contributed by atoms with Crippen LogP contribution in [0.25, 0.3) is 11.0 Å². The molecule has 1 aromatic carbocycles. The number of nitrogens with zero attached hydrogens (tertiary/aromatic N) is 1. The maximum absolute atomic E-state index is 11.9. The molecule has 0 spiro atoms. The molecule has 0 radical (unpaired) electrons. The molecular weight excluding hydrogens is 216 g/mol. The number of ether oxygens (including phenoxy) is 1. The minimum absolute atomic E-state index is 0.135. The number of aromatic nitrogens is 2. The summed E-state index contributed by atoms with van der Waals surface area (Å²) in [6.45, 7) is 2.08. The fraction of sp³-hybridized carbons (Fsp3) is 0.385. The summed E-state index contributed by atoms with van der Waals surface area (Å²) in [5.41, 5.74) is 2.47. The van der Waals surface area contributed by atoms with E-state index in [0.29, 0.717) is 5.92 Å². The molecular formula is C13H14N2O2. The summed E-state index contributed by atoms with van der Waals surface area (Å²) < 4.78 is 4.93. The van der Waals surface area contributed by atoms with E-state index in [1.165, 1.54) is 7.11 Å². The van der Waals surface area contributed by atoms with Gasteiger partial charge in [0.1, 0.15) is 0 Å². The Labute approximate surface area is 99.0 Å². The molecule has 1 N–H and O–H groups in total. The minimum atomic E-state index is -0.436. The molecule has 1 saturated carbocycles. The van der Waals surface area contributed by atoms with E-state index in [9.17, 15) is 4.79 Å². The number of hydrogen-bond acceptors (Lipinski definition) is 3. The lowest BCUT2D eigenvalue weighted by molar-refractivity contribution is -0.144. The monoisotopic (exact) mass is 230 g/mol. The highest BCUT2D eigenvalue weighted by Crippen LogP contribution is 2.55. The fourth-order valence-electron chi connectivity index (χ4n) is 2.62. The second-order valence-corrected chi connectivity index (χ2v) is 4.70. The molecule has 0 amide bonds. The van der Waals surface area contributed by atoms with Crippen molar-refractivity contribution in [3.63, 3.8) is 0 Å². The first-order valence-electron chi connectivity index (χ1n) is 5.70. The summed E-state index contributed by atoms with van der Waals surface area (Å²) in [6, 6.07) is 5.92. The van der Waals surface area contributed by atoms with Crippen molar-refractivity contribution >= 4 is 17.0 Å². The second-order valence-electron chi connectivity index (χ2n) is 4.70. The predicted molar refractivity (Wildman–Crippen MR) is 63.6 cm³/mol. The zero-order valence-corrected chi connectivity index (χ0v) is 9.86. The van der Waals surface area contributed by atoms with Gasteiger partial charge >= 0.3 is 5.97 Å². The first-order chi connectivity index (χ1) is 8.18. The lowest BCUT2D eigenvalue weighted by Gasteiger charge is -2.14. The summed E-state index contributed by atoms with van der Waals surface area (Å²) in [7, 11) is 1.45. The predicted octanol–water partition coefficient (Wildman–Crippen LogP) is 2.01. The third-order valence-corrected chi connectivity index (χ3v) is 3.79. The molecule has 0 bridgehead atoms. The Morgan fingerprint density at radius 1 is 1.59 bits per heavy atom. The molecule has 4 nitrogen and oxygen atoms in total. The van der Waals surface area contributed by atoms with Gasteiger partial charge in [-0.1, -0.05) is 13.0 Å². The van der Waals surface area contributed by atoms with Crippen molar-refractivity contribution in [2.45, 2.75) is 18.8 Å². The number of methoxy groups -OCH3 is 1. The van der Waals surface area contributed by atoms with Crippen molar-refractivity contribution in [3.05, 3.63) is 30.1 Å². The SMILES string of the molecule is COC(=O)C1(c2ccc3nc[nH]c3c2)CC1C. The van der Waals surface area contributed by atoms with Gasteiger partial charge in [-0.05, 0) is 30.0 Å². The Morgan fingerprint density at radius 3 is 3.00 bits per heavy atom. The number of carbonyl (C=O) groups is 1. The third kappa shape index (κ3) is 1.30. The zero-order valence-electron chi connectivity index (χ0n) is 9.86. The average molecular weight is 230 g/mol. The Morgan fingerprint density at radius 2 is 2.35 bits per heavy atom. The molecule has 1 aliphatic carbocycles. The maximum atomic E-state index is 11.9. The Balaban J connectivity index is 2.10. The highest BCUT2D eigenvalue weighted by molar-refractivity contribution is 5.89. The largest absolute Gasteiger partial charge is 0.468 e. The van der Waals surface area contributed by atoms with Gasteiger partial charge in [-0.25, -0.2) is 4.98 Å². The average Bonchev–Trinajstić information content (AvgIpc) is 2.83. The number of aromatic amines is 1. The van der Waals surface area contributed by atoms with Crippen molar-refractivity contribution in [2.75, 3.05) is 7.11 Å². The van der Waals surface area contributed by atoms with Gasteiger partial charge in [-0.3, -0.25) is 4.79 Å². The number of fused-ring (bicyclic) bond motifs is 1. The summed E-state index contributed by atoms with van der Waals surface area (Å²) in [5, 5.41) is 0. The van der Waals surface area contributed by atoms with Crippen molar-refractivity contribution in [1.29, 1.82) is 0 Å². The Hall–Kier alpha value is -1.84. The van der Waals surface area contributed by atoms with E-state index in [4.69, 9.17) is 4.74 Å². The number of carbonyl (C=O) groups excluding carboxylic acids is 1. The Bertz CT molecular complexity index is 590. The van der Waals surface area contributed by atoms with Crippen LogP contribution in [0.4, 0.5) is 0 Å². The van der Waals surface area contributed by atoms with Crippen LogP contribution in [0.2, 0.25) is 0 Å². The molecule has 0 saturated heterocycles. The van der Waals surface area contributed by atoms with Gasteiger partial charge < -0.3 is 9.72 Å². The molecule has 3 rings (SSSR count). The van der Waals surface area contributed by atoms with Gasteiger partial charge in [0.2, 0.25) is 0 Å². The first kappa shape index (κ1) is 10.3. The summed E-state index contributed by atoms with van der Waals surface area (Å²) >= 11 is 0. The smallest absolute Gasteiger partial charge is 0.316 e. The van der Waals surface area contributed by atoms with Crippen LogP contribution < -0.4 is 0 Å². The van der Waals surface area contributed by atoms with Crippen molar-refractivity contribution in [2.24, 2.45) is 5.92 Å². The lowest BCUT2D eigenvalue weighted by Crippen LogP contribution is -2.24. The highest BCUT2D eigenvalue weighted by atomic mass is 16.5. The van der Waals surface area contributed by atoms with Crippen molar-refractivity contribution in [1.82, 2.24) is 9.97 Å². The number of H-pyrrole nitrogens is 1. The standard InChI is InChI=1S/C13H14N2O2/c1-8-6-13(8,12(16)17-2)9-3-4-10-11(5-9)15-7-14-10/h3-5,7-8H,6H2,1-2H3,(H,14,15). The fourth-order valence-corrected chi connectivity index (χ4v) is 2.62. The number of rotatable bonds is 2. The van der Waals surface area contributed by atoms with Gasteiger partial charge in [0.15, 0.2) is 0 Å². The molecule has 1 fully saturated rings. The molecule has 2 aromatic rings. The number of nitrogens with one attached hydrogen (secondary N) is 1. The summed E-state index contributed by atoms with van der Waals surface area (Å²) in [4.78, 5) is 19.2. The minimum Gasteiger partial charge on any atom is -0.468 e. The van der Waals surface area contributed by atoms with E-state index < -0.39 is 5.41 Å². The first-order valence-corrected chi connectivity index (χ1v) is 5.70. The van der Waals surface area contributed by atoms with E-state index >= 15 is 0 Å². The molecule has 0 aliphatic heterocycles. The van der Waals surface area contributed by atoms with E-state index in [0.717, 1.165) is 23.0 Å². The highest BCUT2D eigenvalue weighted by Gasteiger charge is 2.59. The molecule has 1 aliphatic rings. The number of benzene rings is 1. The summed E-state index contributed by atoms with van der Waals surface area (Å²) in [5.74, 6) is 0.208. The molecule has 1 aromatic heterocycles. The normalized spacial score (nSPS) is 27.1. The maximum Gasteiger partial charge on any atom is 0.316 e. The van der Waals surface area contributed by atoms with Gasteiger partial charge in [-0.15, -0.1) is 0 Å². The van der Waals surface area contributed by atoms with Crippen LogP contribution in [0.15, 0.2) is 24.5 Å². The van der Waals surface area contributed by atoms with Crippen LogP contribution in [0.3, 0.4) is 0 Å². The van der Waals surface area contributed by atoms with Gasteiger partial charge in [-0.2, -0.15) is 0 Å². The molecule has 2 unspecified atom stereocenters. The summed E-state index contributed by atoms with van der Waals surface area (Å²) in [6.07, 6.45) is 2.52. The topological polar surface area (TPSA) is 55.0 Å². The van der Waals surface area contributed by atoms with E-state index in [-0.39, 0.29) is 5.97 Å². The quantitative estimate of drug-likeness (QED) is 0.803. The molecule has 1 heterocycles. The number of hydrogen-bond donors (Lipinski definition) is 1.